The number of benzene rings is 1. The second-order valence-electron chi connectivity index (χ2n) is 7.29. The molecule has 1 heterocycles. The summed E-state index contributed by atoms with van der Waals surface area (Å²) in [6, 6.07) is 6.83. The molecule has 0 saturated carbocycles. The van der Waals surface area contributed by atoms with E-state index in [1.807, 2.05) is 20.8 Å². The molecule has 10 heteroatoms. The Labute approximate surface area is 193 Å². The van der Waals surface area contributed by atoms with Crippen LogP contribution in [0.3, 0.4) is 0 Å². The molecule has 0 bridgehead atoms. The van der Waals surface area contributed by atoms with Crippen LogP contribution in [0.2, 0.25) is 10.0 Å². The summed E-state index contributed by atoms with van der Waals surface area (Å²) in [4.78, 5) is 12.1. The SMILES string of the molecule is CCCCCS(=O)(=O)NC(=O)C=Cc1cc(OC(C)C)nn1Cc1ccc(Cl)cc1Cl. The van der Waals surface area contributed by atoms with Gasteiger partial charge in [0.15, 0.2) is 0 Å². The van der Waals surface area contributed by atoms with Gasteiger partial charge in [-0.25, -0.2) is 13.1 Å². The molecule has 1 amide bonds. The van der Waals surface area contributed by atoms with Crippen LogP contribution in [0.25, 0.3) is 6.08 Å². The van der Waals surface area contributed by atoms with Gasteiger partial charge in [0.2, 0.25) is 15.9 Å². The van der Waals surface area contributed by atoms with Crippen LogP contribution in [0, 0.1) is 0 Å². The fourth-order valence-electron chi connectivity index (χ4n) is 2.72. The summed E-state index contributed by atoms with van der Waals surface area (Å²) >= 11 is 12.2. The van der Waals surface area contributed by atoms with Gasteiger partial charge < -0.3 is 4.74 Å². The third-order valence-corrected chi connectivity index (χ3v) is 6.08. The molecule has 0 aliphatic carbocycles. The maximum absolute atomic E-state index is 12.1. The molecule has 1 aromatic carbocycles. The molecule has 7 nitrogen and oxygen atoms in total. The van der Waals surface area contributed by atoms with Gasteiger partial charge in [-0.15, -0.1) is 5.10 Å². The van der Waals surface area contributed by atoms with Crippen molar-refractivity contribution in [1.29, 1.82) is 0 Å². The van der Waals surface area contributed by atoms with Crippen molar-refractivity contribution in [1.82, 2.24) is 14.5 Å². The maximum atomic E-state index is 12.1. The molecular formula is C21H27Cl2N3O4S. The average molecular weight is 488 g/mol. The summed E-state index contributed by atoms with van der Waals surface area (Å²) < 4.78 is 33.3. The number of unbranched alkanes of at least 4 members (excludes halogenated alkanes) is 2. The summed E-state index contributed by atoms with van der Waals surface area (Å²) in [5, 5.41) is 5.42. The number of rotatable bonds is 11. The van der Waals surface area contributed by atoms with Crippen molar-refractivity contribution < 1.29 is 17.9 Å². The first kappa shape index (κ1) is 25.2. The van der Waals surface area contributed by atoms with Gasteiger partial charge >= 0.3 is 0 Å². The Bertz CT molecular complexity index is 1030. The topological polar surface area (TPSA) is 90.3 Å². The highest BCUT2D eigenvalue weighted by Crippen LogP contribution is 2.23. The molecule has 170 valence electrons. The largest absolute Gasteiger partial charge is 0.474 e. The molecule has 2 aromatic rings. The normalized spacial score (nSPS) is 11.9. The summed E-state index contributed by atoms with van der Waals surface area (Å²) in [6.45, 7) is 6.04. The van der Waals surface area contributed by atoms with Crippen LogP contribution in [0.1, 0.15) is 51.3 Å². The predicted molar refractivity (Wildman–Crippen MR) is 124 cm³/mol. The quantitative estimate of drug-likeness (QED) is 0.367. The van der Waals surface area contributed by atoms with Gasteiger partial charge in [-0.3, -0.25) is 9.48 Å². The number of carbonyl (C=O) groups excluding carboxylic acids is 1. The average Bonchev–Trinajstić information content (AvgIpc) is 3.02. The third-order valence-electron chi connectivity index (χ3n) is 4.16. The van der Waals surface area contributed by atoms with Crippen LogP contribution < -0.4 is 9.46 Å². The van der Waals surface area contributed by atoms with Crippen molar-refractivity contribution in [3.8, 4) is 5.88 Å². The standard InChI is InChI=1S/C21H27Cl2N3O4S/c1-4-5-6-11-31(28,29)25-20(27)10-9-18-13-21(30-15(2)3)24-26(18)14-16-7-8-17(22)12-19(16)23/h7-10,12-13,15H,4-6,11,14H2,1-3H3,(H,25,27). The fourth-order valence-corrected chi connectivity index (χ4v) is 4.25. The minimum absolute atomic E-state index is 0.0835. The molecule has 0 atom stereocenters. The molecule has 0 saturated heterocycles. The van der Waals surface area contributed by atoms with E-state index in [2.05, 4.69) is 9.82 Å². The van der Waals surface area contributed by atoms with Crippen molar-refractivity contribution in [3.63, 3.8) is 0 Å². The second-order valence-corrected chi connectivity index (χ2v) is 9.98. The molecule has 1 N–H and O–H groups in total. The number of nitrogens with one attached hydrogen (secondary N) is 1. The van der Waals surface area contributed by atoms with E-state index in [0.29, 0.717) is 34.6 Å². The van der Waals surface area contributed by atoms with E-state index < -0.39 is 15.9 Å². The number of hydrogen-bond acceptors (Lipinski definition) is 5. The molecule has 1 aromatic heterocycles. The van der Waals surface area contributed by atoms with Gasteiger partial charge in [0.05, 0.1) is 24.1 Å². The van der Waals surface area contributed by atoms with E-state index in [-0.39, 0.29) is 11.9 Å². The van der Waals surface area contributed by atoms with Gasteiger partial charge in [0.25, 0.3) is 5.91 Å². The minimum atomic E-state index is -3.66. The first-order chi connectivity index (χ1) is 14.6. The van der Waals surface area contributed by atoms with Crippen molar-refractivity contribution >= 4 is 45.2 Å². The number of sulfonamides is 1. The van der Waals surface area contributed by atoms with E-state index in [1.165, 1.54) is 6.08 Å². The molecule has 0 fully saturated rings. The highest BCUT2D eigenvalue weighted by molar-refractivity contribution is 7.90. The van der Waals surface area contributed by atoms with Crippen LogP contribution in [0.4, 0.5) is 0 Å². The Morgan fingerprint density at radius 3 is 2.65 bits per heavy atom. The van der Waals surface area contributed by atoms with Crippen LogP contribution in [-0.4, -0.2) is 36.0 Å². The lowest BCUT2D eigenvalue weighted by atomic mass is 10.2. The summed E-state index contributed by atoms with van der Waals surface area (Å²) in [7, 11) is -3.66. The van der Waals surface area contributed by atoms with Crippen molar-refractivity contribution in [2.24, 2.45) is 0 Å². The molecule has 0 unspecified atom stereocenters. The zero-order valence-corrected chi connectivity index (χ0v) is 20.1. The molecule has 0 aliphatic heterocycles. The first-order valence-electron chi connectivity index (χ1n) is 10.0. The Morgan fingerprint density at radius 2 is 2.00 bits per heavy atom. The Morgan fingerprint density at radius 1 is 1.26 bits per heavy atom. The van der Waals surface area contributed by atoms with Crippen LogP contribution in [0.15, 0.2) is 30.3 Å². The van der Waals surface area contributed by atoms with Gasteiger partial charge in [-0.1, -0.05) is 49.0 Å². The lowest BCUT2D eigenvalue weighted by Crippen LogP contribution is -2.31. The summed E-state index contributed by atoms with van der Waals surface area (Å²) in [5.74, 6) is -0.424. The zero-order valence-electron chi connectivity index (χ0n) is 17.8. The number of carbonyl (C=O) groups is 1. The number of hydrogen-bond donors (Lipinski definition) is 1. The Balaban J connectivity index is 2.19. The van der Waals surface area contributed by atoms with Crippen molar-refractivity contribution in [2.75, 3.05) is 5.75 Å². The number of aromatic nitrogens is 2. The summed E-state index contributed by atoms with van der Waals surface area (Å²) in [6.07, 6.45) is 4.75. The smallest absolute Gasteiger partial charge is 0.257 e. The Hall–Kier alpha value is -2.03. The van der Waals surface area contributed by atoms with E-state index in [4.69, 9.17) is 27.9 Å². The van der Waals surface area contributed by atoms with E-state index >= 15 is 0 Å². The Kier molecular flexibility index (Phi) is 9.40. The molecule has 0 radical (unpaired) electrons. The fraction of sp³-hybridized carbons (Fsp3) is 0.429. The molecular weight excluding hydrogens is 461 g/mol. The predicted octanol–water partition coefficient (Wildman–Crippen LogP) is 4.67. The van der Waals surface area contributed by atoms with E-state index in [1.54, 1.807) is 28.9 Å². The minimum Gasteiger partial charge on any atom is -0.474 e. The molecule has 0 aliphatic rings. The van der Waals surface area contributed by atoms with Crippen LogP contribution in [0.5, 0.6) is 5.88 Å². The monoisotopic (exact) mass is 487 g/mol. The highest BCUT2D eigenvalue weighted by Gasteiger charge is 2.14. The number of ether oxygens (including phenoxy) is 1. The maximum Gasteiger partial charge on any atom is 0.257 e. The third kappa shape index (κ3) is 8.55. The molecule has 0 spiro atoms. The van der Waals surface area contributed by atoms with Gasteiger partial charge in [-0.2, -0.15) is 0 Å². The number of amides is 1. The second kappa shape index (κ2) is 11.5. The van der Waals surface area contributed by atoms with Gasteiger partial charge in [0, 0.05) is 22.2 Å². The van der Waals surface area contributed by atoms with Gasteiger partial charge in [0.1, 0.15) is 0 Å². The lowest BCUT2D eigenvalue weighted by Gasteiger charge is -2.08. The van der Waals surface area contributed by atoms with Gasteiger partial charge in [-0.05, 0) is 44.0 Å². The zero-order chi connectivity index (χ0) is 23.0. The first-order valence-corrected chi connectivity index (χ1v) is 12.4. The lowest BCUT2D eigenvalue weighted by molar-refractivity contribution is -0.114. The highest BCUT2D eigenvalue weighted by atomic mass is 35.5. The summed E-state index contributed by atoms with van der Waals surface area (Å²) in [5.41, 5.74) is 1.34. The van der Waals surface area contributed by atoms with Crippen LogP contribution >= 0.6 is 23.2 Å². The van der Waals surface area contributed by atoms with Crippen molar-refractivity contribution in [2.45, 2.75) is 52.7 Å². The van der Waals surface area contributed by atoms with Crippen LogP contribution in [-0.2, 0) is 21.4 Å². The van der Waals surface area contributed by atoms with E-state index in [9.17, 15) is 13.2 Å². The molecule has 31 heavy (non-hydrogen) atoms. The number of nitrogens with zero attached hydrogens (tertiary/aromatic N) is 2. The number of halogens is 2. The molecule has 2 rings (SSSR count). The van der Waals surface area contributed by atoms with E-state index in [0.717, 1.165) is 24.5 Å². The van der Waals surface area contributed by atoms with Crippen molar-refractivity contribution in [3.05, 3.63) is 51.6 Å².